The first-order chi connectivity index (χ1) is 6.18. The maximum absolute atomic E-state index is 5.01. The number of aromatic nitrogens is 2. The van der Waals surface area contributed by atoms with Crippen molar-refractivity contribution in [1.82, 2.24) is 15.3 Å². The molecule has 5 heteroatoms. The van der Waals surface area contributed by atoms with Crippen LogP contribution in [0.3, 0.4) is 0 Å². The highest BCUT2D eigenvalue weighted by Crippen LogP contribution is 1.93. The zero-order valence-corrected chi connectivity index (χ0v) is 8.43. The van der Waals surface area contributed by atoms with E-state index < -0.39 is 0 Å². The van der Waals surface area contributed by atoms with Gasteiger partial charge in [-0.2, -0.15) is 0 Å². The predicted octanol–water partition coefficient (Wildman–Crippen LogP) is 1.17. The summed E-state index contributed by atoms with van der Waals surface area (Å²) in [4.78, 5) is 7.95. The highest BCUT2D eigenvalue weighted by Gasteiger charge is 1.99. The monoisotopic (exact) mass is 196 g/mol. The Bertz CT molecular complexity index is 273. The third-order valence-corrected chi connectivity index (χ3v) is 1.43. The third-order valence-electron chi connectivity index (χ3n) is 1.21. The molecule has 0 fully saturated rings. The van der Waals surface area contributed by atoms with Gasteiger partial charge in [-0.1, -0.05) is 0 Å². The van der Waals surface area contributed by atoms with Crippen LogP contribution in [-0.4, -0.2) is 21.1 Å². The van der Waals surface area contributed by atoms with Crippen molar-refractivity contribution in [2.24, 2.45) is 0 Å². The summed E-state index contributed by atoms with van der Waals surface area (Å²) in [6, 6.07) is 2.06. The van der Waals surface area contributed by atoms with Gasteiger partial charge in [0, 0.05) is 18.4 Å². The number of nitrogens with zero attached hydrogens (tertiary/aromatic N) is 2. The Hall–Kier alpha value is -1.23. The minimum Gasteiger partial charge on any atom is -0.360 e. The highest BCUT2D eigenvalue weighted by atomic mass is 32.1. The van der Waals surface area contributed by atoms with E-state index in [1.807, 2.05) is 13.8 Å². The van der Waals surface area contributed by atoms with Crippen LogP contribution in [0.2, 0.25) is 0 Å². The normalized spacial score (nSPS) is 9.77. The Morgan fingerprint density at radius 2 is 2.00 bits per heavy atom. The van der Waals surface area contributed by atoms with E-state index >= 15 is 0 Å². The van der Waals surface area contributed by atoms with Crippen LogP contribution in [0.5, 0.6) is 0 Å². The fourth-order valence-corrected chi connectivity index (χ4v) is 1.09. The predicted molar refractivity (Wildman–Crippen MR) is 56.5 cm³/mol. The van der Waals surface area contributed by atoms with Crippen molar-refractivity contribution in [3.63, 3.8) is 0 Å². The van der Waals surface area contributed by atoms with Gasteiger partial charge < -0.3 is 10.6 Å². The SMILES string of the molecule is CC(C)NC(=S)Nc1ncccn1. The van der Waals surface area contributed by atoms with Crippen LogP contribution in [0.1, 0.15) is 13.8 Å². The van der Waals surface area contributed by atoms with Gasteiger partial charge in [-0.3, -0.25) is 0 Å². The summed E-state index contributed by atoms with van der Waals surface area (Å²) in [5.41, 5.74) is 0. The molecular formula is C8H12N4S. The van der Waals surface area contributed by atoms with Gasteiger partial charge in [-0.25, -0.2) is 9.97 Å². The first-order valence-electron chi connectivity index (χ1n) is 4.03. The second kappa shape index (κ2) is 4.71. The smallest absolute Gasteiger partial charge is 0.228 e. The molecule has 0 radical (unpaired) electrons. The van der Waals surface area contributed by atoms with E-state index in [1.165, 1.54) is 0 Å². The highest BCUT2D eigenvalue weighted by molar-refractivity contribution is 7.80. The zero-order valence-electron chi connectivity index (χ0n) is 7.61. The molecule has 0 aliphatic rings. The molecule has 0 spiro atoms. The van der Waals surface area contributed by atoms with Crippen LogP contribution in [0.4, 0.5) is 5.95 Å². The lowest BCUT2D eigenvalue weighted by molar-refractivity contribution is 0.738. The molecule has 1 aromatic rings. The average molecular weight is 196 g/mol. The van der Waals surface area contributed by atoms with Crippen LogP contribution < -0.4 is 10.6 Å². The summed E-state index contributed by atoms with van der Waals surface area (Å²) in [5, 5.41) is 6.45. The van der Waals surface area contributed by atoms with Crippen LogP contribution in [0.25, 0.3) is 0 Å². The number of nitrogens with one attached hydrogen (secondary N) is 2. The maximum atomic E-state index is 5.01. The molecule has 70 valence electrons. The number of thiocarbonyl (C=S) groups is 1. The van der Waals surface area contributed by atoms with Crippen LogP contribution in [0.15, 0.2) is 18.5 Å². The zero-order chi connectivity index (χ0) is 9.68. The van der Waals surface area contributed by atoms with Gasteiger partial charge in [-0.05, 0) is 32.1 Å². The number of hydrogen-bond acceptors (Lipinski definition) is 3. The molecule has 0 saturated carbocycles. The minimum atomic E-state index is 0.309. The lowest BCUT2D eigenvalue weighted by atomic mass is 10.4. The minimum absolute atomic E-state index is 0.309. The summed E-state index contributed by atoms with van der Waals surface area (Å²) in [7, 11) is 0. The second-order valence-electron chi connectivity index (χ2n) is 2.83. The molecule has 4 nitrogen and oxygen atoms in total. The van der Waals surface area contributed by atoms with Gasteiger partial charge in [0.2, 0.25) is 5.95 Å². The fraction of sp³-hybridized carbons (Fsp3) is 0.375. The second-order valence-corrected chi connectivity index (χ2v) is 3.23. The van der Waals surface area contributed by atoms with Crippen molar-refractivity contribution in [3.8, 4) is 0 Å². The van der Waals surface area contributed by atoms with E-state index in [4.69, 9.17) is 12.2 Å². The summed E-state index contributed by atoms with van der Waals surface area (Å²) in [6.45, 7) is 4.03. The van der Waals surface area contributed by atoms with Gasteiger partial charge >= 0.3 is 0 Å². The molecule has 0 saturated heterocycles. The van der Waals surface area contributed by atoms with E-state index in [9.17, 15) is 0 Å². The first-order valence-corrected chi connectivity index (χ1v) is 4.44. The number of rotatable bonds is 2. The van der Waals surface area contributed by atoms with Crippen LogP contribution in [0, 0.1) is 0 Å². The largest absolute Gasteiger partial charge is 0.360 e. The molecular weight excluding hydrogens is 184 g/mol. The lowest BCUT2D eigenvalue weighted by Crippen LogP contribution is -2.34. The average Bonchev–Trinajstić information content (AvgIpc) is 2.04. The fourth-order valence-electron chi connectivity index (χ4n) is 0.763. The van der Waals surface area contributed by atoms with Crippen molar-refractivity contribution in [1.29, 1.82) is 0 Å². The maximum Gasteiger partial charge on any atom is 0.228 e. The lowest BCUT2D eigenvalue weighted by Gasteiger charge is -2.11. The van der Waals surface area contributed by atoms with Crippen molar-refractivity contribution >= 4 is 23.3 Å². The van der Waals surface area contributed by atoms with Crippen molar-refractivity contribution in [2.45, 2.75) is 19.9 Å². The molecule has 0 bridgehead atoms. The van der Waals surface area contributed by atoms with Gasteiger partial charge in [-0.15, -0.1) is 0 Å². The number of hydrogen-bond donors (Lipinski definition) is 2. The van der Waals surface area contributed by atoms with Gasteiger partial charge in [0.15, 0.2) is 5.11 Å². The molecule has 2 N–H and O–H groups in total. The van der Waals surface area contributed by atoms with E-state index in [-0.39, 0.29) is 0 Å². The summed E-state index contributed by atoms with van der Waals surface area (Å²) in [5.74, 6) is 0.514. The molecule has 13 heavy (non-hydrogen) atoms. The first kappa shape index (κ1) is 9.85. The van der Waals surface area contributed by atoms with Crippen LogP contribution in [-0.2, 0) is 0 Å². The van der Waals surface area contributed by atoms with E-state index in [1.54, 1.807) is 18.5 Å². The molecule has 1 rings (SSSR count). The summed E-state index contributed by atoms with van der Waals surface area (Å²) in [6.07, 6.45) is 3.32. The molecule has 1 aromatic heterocycles. The third kappa shape index (κ3) is 3.80. The Balaban J connectivity index is 2.46. The Morgan fingerprint density at radius 1 is 1.38 bits per heavy atom. The van der Waals surface area contributed by atoms with E-state index in [0.717, 1.165) is 0 Å². The molecule has 0 aliphatic carbocycles. The van der Waals surface area contributed by atoms with E-state index in [0.29, 0.717) is 17.1 Å². The summed E-state index contributed by atoms with van der Waals surface area (Å²) >= 11 is 5.01. The topological polar surface area (TPSA) is 49.8 Å². The van der Waals surface area contributed by atoms with Crippen LogP contribution >= 0.6 is 12.2 Å². The standard InChI is InChI=1S/C8H12N4S/c1-6(2)11-8(13)12-7-9-4-3-5-10-7/h3-6H,1-2H3,(H2,9,10,11,12,13). The molecule has 0 aliphatic heterocycles. The Morgan fingerprint density at radius 3 is 2.54 bits per heavy atom. The van der Waals surface area contributed by atoms with Gasteiger partial charge in [0.1, 0.15) is 0 Å². The van der Waals surface area contributed by atoms with E-state index in [2.05, 4.69) is 20.6 Å². The number of anilines is 1. The summed E-state index contributed by atoms with van der Waals surface area (Å²) < 4.78 is 0. The van der Waals surface area contributed by atoms with Crippen molar-refractivity contribution in [3.05, 3.63) is 18.5 Å². The molecule has 0 atom stereocenters. The molecule has 0 aromatic carbocycles. The quantitative estimate of drug-likeness (QED) is 0.695. The van der Waals surface area contributed by atoms with Gasteiger partial charge in [0.05, 0.1) is 0 Å². The van der Waals surface area contributed by atoms with Gasteiger partial charge in [0.25, 0.3) is 0 Å². The molecule has 1 heterocycles. The molecule has 0 unspecified atom stereocenters. The Labute approximate surface area is 82.8 Å². The Kier molecular flexibility index (Phi) is 3.57. The van der Waals surface area contributed by atoms with Crippen molar-refractivity contribution < 1.29 is 0 Å². The molecule has 0 amide bonds. The van der Waals surface area contributed by atoms with Crippen molar-refractivity contribution in [2.75, 3.05) is 5.32 Å².